The number of nitrogens with one attached hydrogen (secondary N) is 2. The maximum absolute atomic E-state index is 11.7. The largest absolute Gasteiger partial charge is 0.480 e. The number of ether oxygens (including phenoxy) is 1. The van der Waals surface area contributed by atoms with E-state index in [1.165, 1.54) is 7.11 Å². The highest BCUT2D eigenvalue weighted by Crippen LogP contribution is 1.99. The van der Waals surface area contributed by atoms with Crippen LogP contribution in [0.2, 0.25) is 0 Å². The average Bonchev–Trinajstić information content (AvgIpc) is 2.50. The minimum atomic E-state index is -1.14. The number of amides is 2. The summed E-state index contributed by atoms with van der Waals surface area (Å²) in [6.07, 6.45) is 0.329. The molecule has 0 bridgehead atoms. The van der Waals surface area contributed by atoms with E-state index < -0.39 is 17.9 Å². The van der Waals surface area contributed by atoms with Crippen LogP contribution in [0.4, 0.5) is 0 Å². The quantitative estimate of drug-likeness (QED) is 0.593. The van der Waals surface area contributed by atoms with Gasteiger partial charge in [0.1, 0.15) is 6.04 Å². The predicted octanol–water partition coefficient (Wildman–Crippen LogP) is -0.0488. The molecule has 1 aromatic carbocycles. The van der Waals surface area contributed by atoms with Crippen molar-refractivity contribution < 1.29 is 24.2 Å². The Morgan fingerprint density at radius 3 is 2.45 bits per heavy atom. The molecule has 0 aliphatic rings. The van der Waals surface area contributed by atoms with Crippen LogP contribution in [0.3, 0.4) is 0 Å². The first kappa shape index (κ1) is 17.6. The van der Waals surface area contributed by atoms with Gasteiger partial charge in [-0.3, -0.25) is 9.59 Å². The van der Waals surface area contributed by atoms with E-state index in [1.54, 1.807) is 0 Å². The van der Waals surface area contributed by atoms with Crippen molar-refractivity contribution in [3.05, 3.63) is 35.9 Å². The number of carboxylic acids is 1. The molecule has 0 aliphatic heterocycles. The number of hydrogen-bond donors (Lipinski definition) is 3. The lowest BCUT2D eigenvalue weighted by Gasteiger charge is -2.14. The fourth-order valence-corrected chi connectivity index (χ4v) is 1.76. The zero-order valence-electron chi connectivity index (χ0n) is 12.4. The molecule has 0 aliphatic carbocycles. The first-order valence-electron chi connectivity index (χ1n) is 6.84. The average molecular weight is 308 g/mol. The van der Waals surface area contributed by atoms with Gasteiger partial charge in [-0.25, -0.2) is 4.79 Å². The molecule has 0 saturated carbocycles. The Bertz CT molecular complexity index is 504. The fraction of sp³-hybridized carbons (Fsp3) is 0.400. The second-order valence-electron chi connectivity index (χ2n) is 4.68. The molecule has 1 atom stereocenters. The third-order valence-corrected chi connectivity index (χ3v) is 2.90. The summed E-state index contributed by atoms with van der Waals surface area (Å²) in [5.74, 6) is -1.99. The molecule has 3 N–H and O–H groups in total. The summed E-state index contributed by atoms with van der Waals surface area (Å²) in [5, 5.41) is 13.8. The first-order valence-corrected chi connectivity index (χ1v) is 6.84. The minimum Gasteiger partial charge on any atom is -0.480 e. The van der Waals surface area contributed by atoms with E-state index in [2.05, 4.69) is 10.6 Å². The van der Waals surface area contributed by atoms with Crippen LogP contribution in [0.1, 0.15) is 12.0 Å². The molecule has 0 saturated heterocycles. The van der Waals surface area contributed by atoms with E-state index in [4.69, 9.17) is 9.84 Å². The van der Waals surface area contributed by atoms with Crippen molar-refractivity contribution in [2.24, 2.45) is 0 Å². The van der Waals surface area contributed by atoms with Crippen molar-refractivity contribution in [1.82, 2.24) is 10.6 Å². The molecule has 0 spiro atoms. The molecule has 1 aromatic rings. The molecule has 120 valence electrons. The molecule has 22 heavy (non-hydrogen) atoms. The topological polar surface area (TPSA) is 105 Å². The van der Waals surface area contributed by atoms with Crippen LogP contribution in [-0.4, -0.2) is 49.2 Å². The highest BCUT2D eigenvalue weighted by atomic mass is 16.5. The highest BCUT2D eigenvalue weighted by molar-refractivity contribution is 5.88. The highest BCUT2D eigenvalue weighted by Gasteiger charge is 2.19. The van der Waals surface area contributed by atoms with Gasteiger partial charge in [-0.1, -0.05) is 30.3 Å². The molecular weight excluding hydrogens is 288 g/mol. The van der Waals surface area contributed by atoms with Crippen LogP contribution < -0.4 is 10.6 Å². The van der Waals surface area contributed by atoms with Crippen LogP contribution in [0, 0.1) is 0 Å². The van der Waals surface area contributed by atoms with Gasteiger partial charge >= 0.3 is 5.97 Å². The molecular formula is C15H20N2O5. The monoisotopic (exact) mass is 308 g/mol. The van der Waals surface area contributed by atoms with Crippen LogP contribution in [0.5, 0.6) is 0 Å². The van der Waals surface area contributed by atoms with E-state index in [1.807, 2.05) is 30.3 Å². The number of aliphatic carboxylic acids is 1. The Balaban J connectivity index is 2.35. The van der Waals surface area contributed by atoms with Crippen LogP contribution >= 0.6 is 0 Å². The Hall–Kier alpha value is -2.41. The molecule has 7 heteroatoms. The molecule has 0 fully saturated rings. The van der Waals surface area contributed by atoms with E-state index >= 15 is 0 Å². The molecule has 0 heterocycles. The summed E-state index contributed by atoms with van der Waals surface area (Å²) >= 11 is 0. The summed E-state index contributed by atoms with van der Waals surface area (Å²) < 4.78 is 4.78. The van der Waals surface area contributed by atoms with Crippen molar-refractivity contribution in [2.75, 3.05) is 20.3 Å². The van der Waals surface area contributed by atoms with E-state index in [0.29, 0.717) is 0 Å². The van der Waals surface area contributed by atoms with Gasteiger partial charge in [0.05, 0.1) is 13.0 Å². The van der Waals surface area contributed by atoms with Gasteiger partial charge in [-0.15, -0.1) is 0 Å². The lowest BCUT2D eigenvalue weighted by Crippen LogP contribution is -2.46. The van der Waals surface area contributed by atoms with Gasteiger partial charge in [0.15, 0.2) is 0 Å². The number of carbonyl (C=O) groups is 3. The number of benzene rings is 1. The summed E-state index contributed by atoms with van der Waals surface area (Å²) in [4.78, 5) is 34.3. The van der Waals surface area contributed by atoms with Gasteiger partial charge in [0.2, 0.25) is 11.8 Å². The molecule has 1 rings (SSSR count). The van der Waals surface area contributed by atoms with Crippen molar-refractivity contribution in [2.45, 2.75) is 18.9 Å². The Morgan fingerprint density at radius 2 is 1.86 bits per heavy atom. The zero-order chi connectivity index (χ0) is 16.4. The second-order valence-corrected chi connectivity index (χ2v) is 4.68. The van der Waals surface area contributed by atoms with Gasteiger partial charge in [-0.2, -0.15) is 0 Å². The van der Waals surface area contributed by atoms with E-state index in [9.17, 15) is 14.4 Å². The fourth-order valence-electron chi connectivity index (χ4n) is 1.76. The number of rotatable bonds is 9. The van der Waals surface area contributed by atoms with Crippen molar-refractivity contribution >= 4 is 17.8 Å². The summed E-state index contributed by atoms with van der Waals surface area (Å²) in [6, 6.07) is 8.08. The van der Waals surface area contributed by atoms with Gasteiger partial charge in [-0.05, 0) is 5.56 Å². The van der Waals surface area contributed by atoms with E-state index in [0.717, 1.165) is 5.56 Å². The first-order chi connectivity index (χ1) is 10.5. The van der Waals surface area contributed by atoms with Crippen molar-refractivity contribution in [1.29, 1.82) is 0 Å². The van der Waals surface area contributed by atoms with Crippen LogP contribution in [0.25, 0.3) is 0 Å². The van der Waals surface area contributed by atoms with Crippen LogP contribution in [-0.2, 0) is 25.5 Å². The lowest BCUT2D eigenvalue weighted by molar-refractivity contribution is -0.142. The second kappa shape index (κ2) is 9.51. The van der Waals surface area contributed by atoms with Crippen molar-refractivity contribution in [3.63, 3.8) is 0 Å². The van der Waals surface area contributed by atoms with Crippen LogP contribution in [0.15, 0.2) is 30.3 Å². The maximum Gasteiger partial charge on any atom is 0.326 e. The van der Waals surface area contributed by atoms with Gasteiger partial charge in [0.25, 0.3) is 0 Å². The van der Waals surface area contributed by atoms with E-state index in [-0.39, 0.29) is 31.9 Å². The Morgan fingerprint density at radius 1 is 1.18 bits per heavy atom. The molecule has 0 aromatic heterocycles. The third-order valence-electron chi connectivity index (χ3n) is 2.90. The third kappa shape index (κ3) is 6.85. The Labute approximate surface area is 128 Å². The smallest absolute Gasteiger partial charge is 0.326 e. The molecule has 2 amide bonds. The van der Waals surface area contributed by atoms with Gasteiger partial charge < -0.3 is 20.5 Å². The molecule has 7 nitrogen and oxygen atoms in total. The predicted molar refractivity (Wildman–Crippen MR) is 79.2 cm³/mol. The SMILES string of the molecule is COCCC(NC(=O)CNC(=O)Cc1ccccc1)C(=O)O. The van der Waals surface area contributed by atoms with Crippen molar-refractivity contribution in [3.8, 4) is 0 Å². The standard InChI is InChI=1S/C15H20N2O5/c1-22-8-7-12(15(20)21)17-14(19)10-16-13(18)9-11-5-3-2-4-6-11/h2-6,12H,7-10H2,1H3,(H,16,18)(H,17,19)(H,20,21). The number of carbonyl (C=O) groups excluding carboxylic acids is 2. The Kier molecular flexibility index (Phi) is 7.63. The minimum absolute atomic E-state index is 0.162. The number of hydrogen-bond acceptors (Lipinski definition) is 4. The normalized spacial score (nSPS) is 11.5. The molecule has 1 unspecified atom stereocenters. The maximum atomic E-state index is 11.7. The van der Waals surface area contributed by atoms with Gasteiger partial charge in [0, 0.05) is 20.1 Å². The summed E-state index contributed by atoms with van der Waals surface area (Å²) in [5.41, 5.74) is 0.837. The molecule has 0 radical (unpaired) electrons. The lowest BCUT2D eigenvalue weighted by atomic mass is 10.1. The summed E-state index contributed by atoms with van der Waals surface area (Å²) in [6.45, 7) is -0.0416. The number of methoxy groups -OCH3 is 1. The zero-order valence-corrected chi connectivity index (χ0v) is 12.4. The number of carboxylic acid groups (broad SMARTS) is 1. The summed E-state index contributed by atoms with van der Waals surface area (Å²) in [7, 11) is 1.45.